The van der Waals surface area contributed by atoms with Crippen LogP contribution < -0.4 is 27.0 Å². The van der Waals surface area contributed by atoms with Crippen molar-refractivity contribution in [2.75, 3.05) is 33.2 Å². The lowest BCUT2D eigenvalue weighted by Crippen LogP contribution is -2.60. The maximum atomic E-state index is 13.8. The highest BCUT2D eigenvalue weighted by Gasteiger charge is 2.41. The van der Waals surface area contributed by atoms with Crippen molar-refractivity contribution in [3.8, 4) is 0 Å². The first-order chi connectivity index (χ1) is 23.7. The van der Waals surface area contributed by atoms with E-state index in [0.717, 1.165) is 36.6 Å². The minimum absolute atomic E-state index is 0.0540. The largest absolute Gasteiger partial charge is 0.390 e. The summed E-state index contributed by atoms with van der Waals surface area (Å²) >= 11 is 0. The van der Waals surface area contributed by atoms with E-state index in [2.05, 4.69) is 31.2 Å². The molecule has 7 N–H and O–H groups in total. The molecular formula is C37H49N7O5. The summed E-state index contributed by atoms with van der Waals surface area (Å²) in [6.45, 7) is 2.01. The van der Waals surface area contributed by atoms with Crippen LogP contribution in [0.3, 0.4) is 0 Å². The quantitative estimate of drug-likeness (QED) is 0.132. The van der Waals surface area contributed by atoms with E-state index in [9.17, 15) is 24.3 Å². The van der Waals surface area contributed by atoms with E-state index in [4.69, 9.17) is 5.73 Å². The fourth-order valence-electron chi connectivity index (χ4n) is 7.24. The number of carbonyl (C=O) groups is 4. The van der Waals surface area contributed by atoms with Crippen molar-refractivity contribution in [2.24, 2.45) is 17.6 Å². The van der Waals surface area contributed by atoms with Crippen LogP contribution in [0.5, 0.6) is 0 Å². The van der Waals surface area contributed by atoms with Crippen molar-refractivity contribution in [3.63, 3.8) is 0 Å². The Bertz CT molecular complexity index is 1590. The Kier molecular flexibility index (Phi) is 12.7. The maximum Gasteiger partial charge on any atom is 0.270 e. The number of likely N-dealkylation sites (N-methyl/N-ethyl adjacent to an activating group) is 1. The van der Waals surface area contributed by atoms with Gasteiger partial charge in [0.1, 0.15) is 11.7 Å². The summed E-state index contributed by atoms with van der Waals surface area (Å²) in [5.74, 6) is -1.19. The zero-order valence-corrected chi connectivity index (χ0v) is 28.1. The predicted molar refractivity (Wildman–Crippen MR) is 187 cm³/mol. The van der Waals surface area contributed by atoms with Gasteiger partial charge < -0.3 is 32.1 Å². The van der Waals surface area contributed by atoms with Gasteiger partial charge in [0.2, 0.25) is 17.7 Å². The van der Waals surface area contributed by atoms with Gasteiger partial charge in [-0.1, -0.05) is 73.9 Å². The van der Waals surface area contributed by atoms with Gasteiger partial charge in [0.15, 0.2) is 0 Å². The molecule has 6 atom stereocenters. The van der Waals surface area contributed by atoms with E-state index < -0.39 is 48.4 Å². The van der Waals surface area contributed by atoms with Crippen LogP contribution in [0.2, 0.25) is 0 Å². The molecule has 2 fully saturated rings. The van der Waals surface area contributed by atoms with Crippen LogP contribution in [0.1, 0.15) is 54.6 Å². The number of nitrogens with two attached hydrogens (primary N) is 1. The SMILES string of the molecule is CNCCNC(=O)[C@@H]1C[C@@H]2CCCC[C@@H]2CN1C[C@@H](O)[C@H](Cc1ccccc1)NC(=O)[C@H](CC(N)=O)NC(=O)c1ccc2ccccc2n1. The number of hydrogen-bond donors (Lipinski definition) is 6. The molecule has 2 heterocycles. The molecule has 262 valence electrons. The van der Waals surface area contributed by atoms with Crippen molar-refractivity contribution in [3.05, 3.63) is 78.0 Å². The number of hydrogen-bond acceptors (Lipinski definition) is 8. The van der Waals surface area contributed by atoms with Crippen LogP contribution in [0, 0.1) is 11.8 Å². The average Bonchev–Trinajstić information content (AvgIpc) is 3.10. The smallest absolute Gasteiger partial charge is 0.270 e. The number of piperidine rings is 1. The molecule has 2 aliphatic rings. The second-order valence-corrected chi connectivity index (χ2v) is 13.4. The van der Waals surface area contributed by atoms with Crippen molar-refractivity contribution >= 4 is 34.5 Å². The molecule has 1 saturated heterocycles. The van der Waals surface area contributed by atoms with Gasteiger partial charge in [-0.05, 0) is 55.8 Å². The van der Waals surface area contributed by atoms with Crippen LogP contribution in [0.25, 0.3) is 10.9 Å². The van der Waals surface area contributed by atoms with Crippen LogP contribution >= 0.6 is 0 Å². The Hall–Kier alpha value is -4.39. The Labute approximate surface area is 287 Å². The molecule has 0 radical (unpaired) electrons. The maximum absolute atomic E-state index is 13.8. The molecule has 4 amide bonds. The third-order valence-electron chi connectivity index (χ3n) is 9.85. The summed E-state index contributed by atoms with van der Waals surface area (Å²) in [7, 11) is 1.84. The van der Waals surface area contributed by atoms with E-state index in [1.165, 1.54) is 6.42 Å². The van der Waals surface area contributed by atoms with Gasteiger partial charge in [-0.15, -0.1) is 0 Å². The number of fused-ring (bicyclic) bond motifs is 2. The molecule has 5 rings (SSSR count). The molecule has 2 aromatic carbocycles. The van der Waals surface area contributed by atoms with Gasteiger partial charge in [-0.25, -0.2) is 4.98 Å². The molecule has 49 heavy (non-hydrogen) atoms. The molecule has 1 aromatic heterocycles. The molecule has 0 spiro atoms. The molecular weight excluding hydrogens is 622 g/mol. The summed E-state index contributed by atoms with van der Waals surface area (Å²) in [5.41, 5.74) is 7.10. The topological polar surface area (TPSA) is 179 Å². The number of benzene rings is 2. The number of nitrogens with one attached hydrogen (secondary N) is 4. The number of likely N-dealkylation sites (tertiary alicyclic amines) is 1. The van der Waals surface area contributed by atoms with Crippen molar-refractivity contribution in [2.45, 2.75) is 69.2 Å². The third kappa shape index (κ3) is 9.84. The first kappa shape index (κ1) is 35.9. The highest BCUT2D eigenvalue weighted by atomic mass is 16.3. The summed E-state index contributed by atoms with van der Waals surface area (Å²) < 4.78 is 0. The number of nitrogens with zero attached hydrogens (tertiary/aromatic N) is 2. The van der Waals surface area contributed by atoms with Crippen LogP contribution in [-0.4, -0.2) is 96.1 Å². The minimum atomic E-state index is -1.30. The highest BCUT2D eigenvalue weighted by molar-refractivity contribution is 5.99. The number of β-amino-alcohol motifs (C(OH)–C–C–N with tert-alkyl or cyclic N) is 1. The normalized spacial score (nSPS) is 21.1. The van der Waals surface area contributed by atoms with Gasteiger partial charge in [0, 0.05) is 31.6 Å². The molecule has 0 bridgehead atoms. The van der Waals surface area contributed by atoms with E-state index >= 15 is 0 Å². The average molecular weight is 672 g/mol. The number of carbonyl (C=O) groups excluding carboxylic acids is 4. The van der Waals surface area contributed by atoms with E-state index in [-0.39, 0.29) is 24.6 Å². The first-order valence-electron chi connectivity index (χ1n) is 17.4. The lowest BCUT2D eigenvalue weighted by atomic mass is 9.72. The molecule has 12 nitrogen and oxygen atoms in total. The lowest BCUT2D eigenvalue weighted by molar-refractivity contribution is -0.132. The molecule has 1 aliphatic carbocycles. The van der Waals surface area contributed by atoms with Crippen LogP contribution in [-0.2, 0) is 20.8 Å². The minimum Gasteiger partial charge on any atom is -0.390 e. The predicted octanol–water partition coefficient (Wildman–Crippen LogP) is 1.51. The number of amides is 4. The molecule has 0 unspecified atom stereocenters. The second-order valence-electron chi connectivity index (χ2n) is 13.4. The first-order valence-corrected chi connectivity index (χ1v) is 17.4. The van der Waals surface area contributed by atoms with Crippen LogP contribution in [0.4, 0.5) is 0 Å². The molecule has 3 aromatic rings. The van der Waals surface area contributed by atoms with Gasteiger partial charge in [-0.3, -0.25) is 24.1 Å². The highest BCUT2D eigenvalue weighted by Crippen LogP contribution is 2.38. The molecule has 1 saturated carbocycles. The third-order valence-corrected chi connectivity index (χ3v) is 9.85. The summed E-state index contributed by atoms with van der Waals surface area (Å²) in [6, 6.07) is 17.6. The van der Waals surface area contributed by atoms with E-state index in [1.807, 2.05) is 55.6 Å². The van der Waals surface area contributed by atoms with E-state index in [1.54, 1.807) is 18.2 Å². The van der Waals surface area contributed by atoms with Gasteiger partial charge in [0.05, 0.1) is 30.1 Å². The summed E-state index contributed by atoms with van der Waals surface area (Å²) in [4.78, 5) is 59.1. The standard InChI is InChI=1S/C37H49N7O5/c1-39-17-18-40-37(49)32-20-26-12-5-6-13-27(26)22-44(32)23-33(45)30(19-24-9-3-2-4-10-24)42-36(48)31(21-34(38)46)43-35(47)29-16-15-25-11-7-8-14-28(25)41-29/h2-4,7-11,14-16,26-27,30-33,39,45H,5-6,12-13,17-23H2,1H3,(H2,38,46)(H,40,49)(H,42,48)(H,43,47)/t26-,27+,30-,31-,32-,33+/m0/s1. The Morgan fingerprint density at radius 1 is 0.939 bits per heavy atom. The number of aromatic nitrogens is 1. The number of primary amides is 1. The van der Waals surface area contributed by atoms with Gasteiger partial charge in [0.25, 0.3) is 5.91 Å². The fraction of sp³-hybridized carbons (Fsp3) is 0.486. The van der Waals surface area contributed by atoms with Crippen molar-refractivity contribution in [1.29, 1.82) is 0 Å². The van der Waals surface area contributed by atoms with Gasteiger partial charge >= 0.3 is 0 Å². The number of aliphatic hydroxyl groups excluding tert-OH is 1. The second kappa shape index (κ2) is 17.3. The summed E-state index contributed by atoms with van der Waals surface area (Å²) in [5, 5.41) is 24.3. The fourth-order valence-corrected chi connectivity index (χ4v) is 7.24. The summed E-state index contributed by atoms with van der Waals surface area (Å²) in [6.07, 6.45) is 4.04. The zero-order chi connectivity index (χ0) is 34.8. The lowest BCUT2D eigenvalue weighted by Gasteiger charge is -2.46. The molecule has 1 aliphatic heterocycles. The van der Waals surface area contributed by atoms with Crippen molar-refractivity contribution < 1.29 is 24.3 Å². The Balaban J connectivity index is 1.34. The monoisotopic (exact) mass is 671 g/mol. The number of rotatable bonds is 15. The Morgan fingerprint density at radius 2 is 1.67 bits per heavy atom. The zero-order valence-electron chi connectivity index (χ0n) is 28.1. The number of pyridine rings is 1. The number of aliphatic hydroxyl groups is 1. The van der Waals surface area contributed by atoms with Gasteiger partial charge in [-0.2, -0.15) is 0 Å². The van der Waals surface area contributed by atoms with Crippen LogP contribution in [0.15, 0.2) is 66.7 Å². The van der Waals surface area contributed by atoms with Crippen molar-refractivity contribution in [1.82, 2.24) is 31.2 Å². The Morgan fingerprint density at radius 3 is 2.43 bits per heavy atom. The number of para-hydroxylation sites is 1. The molecule has 12 heteroatoms. The van der Waals surface area contributed by atoms with E-state index in [0.29, 0.717) is 37.0 Å².